The van der Waals surface area contributed by atoms with Gasteiger partial charge in [-0.15, -0.1) is 10.8 Å². The van der Waals surface area contributed by atoms with Gasteiger partial charge in [0.25, 0.3) is 0 Å². The van der Waals surface area contributed by atoms with Gasteiger partial charge in [0.05, 0.1) is 6.42 Å². The molecule has 1 fully saturated rings. The highest BCUT2D eigenvalue weighted by Crippen LogP contribution is 2.57. The van der Waals surface area contributed by atoms with Gasteiger partial charge >= 0.3 is 12.1 Å². The van der Waals surface area contributed by atoms with Crippen molar-refractivity contribution in [1.29, 1.82) is 0 Å². The summed E-state index contributed by atoms with van der Waals surface area (Å²) in [6.07, 6.45) is -0.934. The molecule has 0 bridgehead atoms. The van der Waals surface area contributed by atoms with Gasteiger partial charge in [-0.1, -0.05) is 58.4 Å². The van der Waals surface area contributed by atoms with E-state index in [1.807, 2.05) is 6.07 Å². The molecule has 2 atom stereocenters. The zero-order valence-electron chi connectivity index (χ0n) is 16.2. The summed E-state index contributed by atoms with van der Waals surface area (Å²) < 4.78 is 27.9. The third-order valence-electron chi connectivity index (χ3n) is 4.69. The maximum Gasteiger partial charge on any atom is 0.408 e. The molecule has 1 unspecified atom stereocenters. The molecule has 2 aromatic rings. The molecule has 166 valence electrons. The molecule has 0 aliphatic carbocycles. The Hall–Kier alpha value is -2.60. The molecule has 3 rings (SSSR count). The molecule has 0 saturated carbocycles. The summed E-state index contributed by atoms with van der Waals surface area (Å²) in [6.45, 7) is 0.0137. The predicted molar refractivity (Wildman–Crippen MR) is 117 cm³/mol. The average molecular weight is 513 g/mol. The van der Waals surface area contributed by atoms with Crippen molar-refractivity contribution in [3.63, 3.8) is 0 Å². The first kappa shape index (κ1) is 23.1. The van der Waals surface area contributed by atoms with Gasteiger partial charge in [-0.3, -0.25) is 18.6 Å². The van der Waals surface area contributed by atoms with Gasteiger partial charge in [-0.2, -0.15) is 0 Å². The molecule has 11 heteroatoms. The van der Waals surface area contributed by atoms with Crippen molar-refractivity contribution < 1.29 is 33.3 Å². The molecule has 9 nitrogen and oxygen atoms in total. The number of carboxylic acid groups (broad SMARTS) is 1. The standard InChI is InChI=1S/C20H21BrN2O7S/c21-15-8-13(6-7-14(15)17-10-18(24)23-31(17,28)29)9-16(19(25)26)22-20(27)30-11-12-4-2-1-3-5-12/h1-8,16-17,28-29H,9-11H2,(H,22,27)(H,23,24)(H,25,26)/t16-,17?/m0/s1. The van der Waals surface area contributed by atoms with Gasteiger partial charge in [-0.25, -0.2) is 9.59 Å². The van der Waals surface area contributed by atoms with Crippen LogP contribution in [0.25, 0.3) is 0 Å². The molecular formula is C20H21BrN2O7S. The summed E-state index contributed by atoms with van der Waals surface area (Å²) in [7, 11) is -3.30. The van der Waals surface area contributed by atoms with E-state index in [-0.39, 0.29) is 19.4 Å². The van der Waals surface area contributed by atoms with E-state index < -0.39 is 40.0 Å². The topological polar surface area (TPSA) is 145 Å². The highest BCUT2D eigenvalue weighted by molar-refractivity contribution is 9.10. The van der Waals surface area contributed by atoms with Crippen molar-refractivity contribution in [1.82, 2.24) is 10.0 Å². The Kier molecular flexibility index (Phi) is 7.21. The molecule has 1 aliphatic heterocycles. The van der Waals surface area contributed by atoms with Crippen molar-refractivity contribution in [3.05, 3.63) is 69.7 Å². The fourth-order valence-electron chi connectivity index (χ4n) is 3.15. The van der Waals surface area contributed by atoms with Gasteiger partial charge in [0.1, 0.15) is 17.9 Å². The quantitative estimate of drug-likeness (QED) is 0.380. The Morgan fingerprint density at radius 1 is 1.19 bits per heavy atom. The second-order valence-electron chi connectivity index (χ2n) is 6.97. The molecule has 2 aromatic carbocycles. The Bertz CT molecular complexity index is 987. The summed E-state index contributed by atoms with van der Waals surface area (Å²) in [4.78, 5) is 35.2. The van der Waals surface area contributed by atoms with Gasteiger partial charge in [0.2, 0.25) is 5.91 Å². The molecule has 1 aliphatic rings. The van der Waals surface area contributed by atoms with Crippen molar-refractivity contribution in [2.45, 2.75) is 30.7 Å². The first-order chi connectivity index (χ1) is 14.7. The minimum atomic E-state index is -3.30. The van der Waals surface area contributed by atoms with Crippen LogP contribution >= 0.6 is 26.7 Å². The Labute approximate surface area is 188 Å². The van der Waals surface area contributed by atoms with E-state index in [2.05, 4.69) is 26.0 Å². The molecule has 5 N–H and O–H groups in total. The molecule has 0 spiro atoms. The second-order valence-corrected chi connectivity index (χ2v) is 9.78. The number of rotatable bonds is 7. The summed E-state index contributed by atoms with van der Waals surface area (Å²) in [5.74, 6) is -1.68. The second kappa shape index (κ2) is 9.69. The SMILES string of the molecule is O=C1CC(c2ccc(C[C@H](NC(=O)OCc3ccccc3)C(=O)O)cc2Br)S(O)(O)N1. The largest absolute Gasteiger partial charge is 0.480 e. The zero-order valence-corrected chi connectivity index (χ0v) is 18.6. The van der Waals surface area contributed by atoms with E-state index in [9.17, 15) is 28.6 Å². The van der Waals surface area contributed by atoms with E-state index >= 15 is 0 Å². The molecule has 1 saturated heterocycles. The van der Waals surface area contributed by atoms with E-state index in [0.717, 1.165) is 5.56 Å². The van der Waals surface area contributed by atoms with Crippen LogP contribution in [0.1, 0.15) is 28.4 Å². The summed E-state index contributed by atoms with van der Waals surface area (Å²) in [5, 5.41) is 11.0. The average Bonchev–Trinajstić information content (AvgIpc) is 2.98. The van der Waals surface area contributed by atoms with Crippen LogP contribution in [0.4, 0.5) is 4.79 Å². The van der Waals surface area contributed by atoms with Crippen LogP contribution in [0.3, 0.4) is 0 Å². The molecule has 1 heterocycles. The van der Waals surface area contributed by atoms with E-state index in [1.54, 1.807) is 42.5 Å². The normalized spacial score (nSPS) is 19.2. The first-order valence-electron chi connectivity index (χ1n) is 9.21. The number of hydrogen-bond donors (Lipinski definition) is 5. The number of nitrogens with one attached hydrogen (secondary N) is 2. The lowest BCUT2D eigenvalue weighted by atomic mass is 10.0. The number of amides is 2. The van der Waals surface area contributed by atoms with Crippen molar-refractivity contribution in [2.24, 2.45) is 0 Å². The highest BCUT2D eigenvalue weighted by Gasteiger charge is 2.39. The molecule has 31 heavy (non-hydrogen) atoms. The lowest BCUT2D eigenvalue weighted by Gasteiger charge is -2.33. The lowest BCUT2D eigenvalue weighted by Crippen LogP contribution is -2.42. The number of halogens is 1. The van der Waals surface area contributed by atoms with Crippen LogP contribution in [-0.4, -0.2) is 38.2 Å². The first-order valence-corrected chi connectivity index (χ1v) is 11.6. The number of alkyl carbamates (subject to hydrolysis) is 1. The van der Waals surface area contributed by atoms with Crippen molar-refractivity contribution in [2.75, 3.05) is 0 Å². The number of ether oxygens (including phenoxy) is 1. The monoisotopic (exact) mass is 512 g/mol. The van der Waals surface area contributed by atoms with Gasteiger partial charge < -0.3 is 15.2 Å². The predicted octanol–water partition coefficient (Wildman–Crippen LogP) is 3.60. The summed E-state index contributed by atoms with van der Waals surface area (Å²) >= 11 is 3.35. The number of hydrogen-bond acceptors (Lipinski definition) is 6. The van der Waals surface area contributed by atoms with Crippen LogP contribution in [0.15, 0.2) is 53.0 Å². The van der Waals surface area contributed by atoms with Crippen LogP contribution in [0, 0.1) is 0 Å². The minimum absolute atomic E-state index is 0.0137. The Morgan fingerprint density at radius 2 is 1.90 bits per heavy atom. The van der Waals surface area contributed by atoms with Crippen LogP contribution in [0.2, 0.25) is 0 Å². The van der Waals surface area contributed by atoms with E-state index in [1.165, 1.54) is 0 Å². The summed E-state index contributed by atoms with van der Waals surface area (Å²) in [5.41, 5.74) is 1.87. The third-order valence-corrected chi connectivity index (χ3v) is 7.12. The fourth-order valence-corrected chi connectivity index (χ4v) is 5.51. The Balaban J connectivity index is 1.64. The van der Waals surface area contributed by atoms with Gasteiger partial charge in [0, 0.05) is 10.9 Å². The molecule has 0 aromatic heterocycles. The number of carboxylic acids is 1. The fraction of sp³-hybridized carbons (Fsp3) is 0.250. The van der Waals surface area contributed by atoms with Crippen molar-refractivity contribution in [3.8, 4) is 0 Å². The van der Waals surface area contributed by atoms with Crippen LogP contribution in [-0.2, 0) is 27.4 Å². The molecule has 2 amide bonds. The third kappa shape index (κ3) is 5.97. The van der Waals surface area contributed by atoms with Crippen LogP contribution < -0.4 is 10.0 Å². The lowest BCUT2D eigenvalue weighted by molar-refractivity contribution is -0.139. The van der Waals surface area contributed by atoms with Crippen molar-refractivity contribution >= 4 is 44.7 Å². The summed E-state index contributed by atoms with van der Waals surface area (Å²) in [6, 6.07) is 12.6. The van der Waals surface area contributed by atoms with Gasteiger partial charge in [0.15, 0.2) is 0 Å². The maximum absolute atomic E-state index is 12.0. The van der Waals surface area contributed by atoms with E-state index in [4.69, 9.17) is 4.74 Å². The number of benzene rings is 2. The number of aliphatic carboxylic acids is 1. The van der Waals surface area contributed by atoms with E-state index in [0.29, 0.717) is 15.6 Å². The number of carbonyl (C=O) groups excluding carboxylic acids is 2. The van der Waals surface area contributed by atoms with Gasteiger partial charge in [-0.05, 0) is 22.8 Å². The zero-order chi connectivity index (χ0) is 22.6. The molecular weight excluding hydrogens is 492 g/mol. The minimum Gasteiger partial charge on any atom is -0.480 e. The smallest absolute Gasteiger partial charge is 0.408 e. The number of carbonyl (C=O) groups is 3. The van der Waals surface area contributed by atoms with Crippen LogP contribution in [0.5, 0.6) is 0 Å². The highest BCUT2D eigenvalue weighted by atomic mass is 79.9. The Morgan fingerprint density at radius 3 is 2.48 bits per heavy atom. The molecule has 0 radical (unpaired) electrons. The maximum atomic E-state index is 12.0.